The Labute approximate surface area is 248 Å². The summed E-state index contributed by atoms with van der Waals surface area (Å²) in [4.78, 5) is 40.1. The van der Waals surface area contributed by atoms with Crippen LogP contribution in [-0.2, 0) is 27.9 Å². The SMILES string of the molecule is CCOP(=O)(OCC)C(O)C(CCC(=O)N1CCNC(c2ccccc2)C1)NC(=O)C(CC1CCCCC1)OC(N)=O. The van der Waals surface area contributed by atoms with Crippen molar-refractivity contribution in [3.05, 3.63) is 35.9 Å². The molecule has 0 aromatic heterocycles. The van der Waals surface area contributed by atoms with Gasteiger partial charge < -0.3 is 40.2 Å². The number of primary amides is 1. The molecule has 12 nitrogen and oxygen atoms in total. The van der Waals surface area contributed by atoms with Gasteiger partial charge in [0.15, 0.2) is 11.9 Å². The van der Waals surface area contributed by atoms with Crippen molar-refractivity contribution < 1.29 is 37.8 Å². The van der Waals surface area contributed by atoms with E-state index in [0.29, 0.717) is 19.6 Å². The van der Waals surface area contributed by atoms with Gasteiger partial charge in [-0.2, -0.15) is 0 Å². The molecule has 4 unspecified atom stereocenters. The van der Waals surface area contributed by atoms with Crippen molar-refractivity contribution >= 4 is 25.5 Å². The first-order valence-corrected chi connectivity index (χ1v) is 16.7. The highest BCUT2D eigenvalue weighted by Gasteiger charge is 2.42. The maximum absolute atomic E-state index is 13.5. The monoisotopic (exact) mass is 610 g/mol. The van der Waals surface area contributed by atoms with E-state index in [0.717, 1.165) is 37.7 Å². The second-order valence-corrected chi connectivity index (χ2v) is 13.0. The Bertz CT molecular complexity index is 1050. The van der Waals surface area contributed by atoms with Crippen LogP contribution in [0.1, 0.15) is 76.8 Å². The van der Waals surface area contributed by atoms with Crippen molar-refractivity contribution in [2.45, 2.75) is 89.2 Å². The van der Waals surface area contributed by atoms with Gasteiger partial charge in [0.2, 0.25) is 5.91 Å². The minimum atomic E-state index is -4.08. The third-order valence-corrected chi connectivity index (χ3v) is 10.1. The van der Waals surface area contributed by atoms with Crippen LogP contribution in [0.3, 0.4) is 0 Å². The van der Waals surface area contributed by atoms with Crippen LogP contribution in [0.25, 0.3) is 0 Å². The third kappa shape index (κ3) is 10.1. The highest BCUT2D eigenvalue weighted by molar-refractivity contribution is 7.54. The van der Waals surface area contributed by atoms with Crippen LogP contribution in [0.4, 0.5) is 4.79 Å². The summed E-state index contributed by atoms with van der Waals surface area (Å²) >= 11 is 0. The number of nitrogens with one attached hydrogen (secondary N) is 2. The summed E-state index contributed by atoms with van der Waals surface area (Å²) in [7, 11) is -4.08. The summed E-state index contributed by atoms with van der Waals surface area (Å²) in [5.74, 6) is -2.42. The van der Waals surface area contributed by atoms with Gasteiger partial charge in [-0.15, -0.1) is 0 Å². The van der Waals surface area contributed by atoms with Gasteiger partial charge in [-0.25, -0.2) is 4.79 Å². The molecule has 1 aromatic carbocycles. The van der Waals surface area contributed by atoms with Crippen LogP contribution in [0.15, 0.2) is 30.3 Å². The van der Waals surface area contributed by atoms with Gasteiger partial charge in [0.25, 0.3) is 5.91 Å². The normalized spacial score (nSPS) is 20.4. The third-order valence-electron chi connectivity index (χ3n) is 7.85. The van der Waals surface area contributed by atoms with Crippen molar-refractivity contribution in [1.29, 1.82) is 0 Å². The number of hydrogen-bond acceptors (Lipinski definition) is 9. The van der Waals surface area contributed by atoms with Gasteiger partial charge in [-0.05, 0) is 38.2 Å². The second-order valence-electron chi connectivity index (χ2n) is 10.9. The molecular weight excluding hydrogens is 563 g/mol. The molecule has 3 amide bonds. The number of hydrogen-bond donors (Lipinski definition) is 4. The van der Waals surface area contributed by atoms with Gasteiger partial charge in [0, 0.05) is 32.1 Å². The zero-order valence-electron chi connectivity index (χ0n) is 24.7. The first-order chi connectivity index (χ1) is 20.2. The molecule has 13 heteroatoms. The van der Waals surface area contributed by atoms with Gasteiger partial charge in [-0.3, -0.25) is 14.2 Å². The maximum Gasteiger partial charge on any atom is 0.405 e. The summed E-state index contributed by atoms with van der Waals surface area (Å²) < 4.78 is 29.4. The Morgan fingerprint density at radius 3 is 2.40 bits per heavy atom. The molecule has 236 valence electrons. The number of piperazine rings is 1. The van der Waals surface area contributed by atoms with Crippen molar-refractivity contribution in [1.82, 2.24) is 15.5 Å². The lowest BCUT2D eigenvalue weighted by molar-refractivity contribution is -0.134. The van der Waals surface area contributed by atoms with Crippen LogP contribution in [0.2, 0.25) is 0 Å². The number of nitrogens with two attached hydrogens (primary N) is 1. The summed E-state index contributed by atoms with van der Waals surface area (Å²) in [5.41, 5.74) is 6.35. The van der Waals surface area contributed by atoms with E-state index in [1.165, 1.54) is 0 Å². The number of benzene rings is 1. The topological polar surface area (TPSA) is 170 Å². The van der Waals surface area contributed by atoms with Crippen LogP contribution in [-0.4, -0.2) is 78.8 Å². The predicted octanol–water partition coefficient (Wildman–Crippen LogP) is 3.44. The van der Waals surface area contributed by atoms with Gasteiger partial charge in [0.1, 0.15) is 0 Å². The fourth-order valence-electron chi connectivity index (χ4n) is 5.74. The minimum absolute atomic E-state index is 0.00464. The second kappa shape index (κ2) is 17.0. The van der Waals surface area contributed by atoms with E-state index >= 15 is 0 Å². The summed E-state index contributed by atoms with van der Waals surface area (Å²) in [5, 5.41) is 17.4. The van der Waals surface area contributed by atoms with Crippen LogP contribution >= 0.6 is 7.60 Å². The van der Waals surface area contributed by atoms with Crippen molar-refractivity contribution in [3.8, 4) is 0 Å². The quantitative estimate of drug-likeness (QED) is 0.217. The first kappa shape index (κ1) is 34.0. The van der Waals surface area contributed by atoms with Crippen molar-refractivity contribution in [3.63, 3.8) is 0 Å². The Hall–Kier alpha value is -2.50. The highest BCUT2D eigenvalue weighted by atomic mass is 31.2. The molecule has 42 heavy (non-hydrogen) atoms. The largest absolute Gasteiger partial charge is 0.436 e. The summed E-state index contributed by atoms with van der Waals surface area (Å²) in [6.45, 7) is 4.83. The molecule has 1 heterocycles. The van der Waals surface area contributed by atoms with E-state index < -0.39 is 37.6 Å². The number of aliphatic hydroxyl groups is 1. The zero-order valence-corrected chi connectivity index (χ0v) is 25.6. The van der Waals surface area contributed by atoms with Crippen molar-refractivity contribution in [2.24, 2.45) is 11.7 Å². The lowest BCUT2D eigenvalue weighted by atomic mass is 9.85. The number of ether oxygens (including phenoxy) is 1. The molecule has 1 aliphatic carbocycles. The molecule has 0 radical (unpaired) electrons. The zero-order chi connectivity index (χ0) is 30.5. The number of carbonyl (C=O) groups is 3. The average Bonchev–Trinajstić information content (AvgIpc) is 2.99. The lowest BCUT2D eigenvalue weighted by Gasteiger charge is -2.35. The van der Waals surface area contributed by atoms with Gasteiger partial charge in [0.05, 0.1) is 19.3 Å². The van der Waals surface area contributed by atoms with E-state index in [1.807, 2.05) is 30.3 Å². The maximum atomic E-state index is 13.5. The molecule has 2 fully saturated rings. The molecule has 1 saturated carbocycles. The molecule has 3 rings (SSSR count). The molecule has 2 aliphatic rings. The van der Waals surface area contributed by atoms with Gasteiger partial charge >= 0.3 is 13.7 Å². The molecular formula is C29H47N4O8P. The lowest BCUT2D eigenvalue weighted by Crippen LogP contribution is -2.51. The molecule has 0 bridgehead atoms. The Morgan fingerprint density at radius 2 is 1.79 bits per heavy atom. The fraction of sp³-hybridized carbons (Fsp3) is 0.690. The van der Waals surface area contributed by atoms with E-state index in [4.69, 9.17) is 19.5 Å². The molecule has 5 N–H and O–H groups in total. The van der Waals surface area contributed by atoms with Crippen molar-refractivity contribution in [2.75, 3.05) is 32.8 Å². The van der Waals surface area contributed by atoms with Crippen LogP contribution < -0.4 is 16.4 Å². The standard InChI is InChI=1S/C29H47N4O8P/c1-3-39-42(38,40-4-2)28(36)23(32-27(35)25(41-29(30)37)19-21-11-7-5-8-12-21)15-16-26(34)33-18-17-31-24(20-33)22-13-9-6-10-14-22/h6,9-10,13-14,21,23-25,28,31,36H,3-5,7-8,11-12,15-20H2,1-2H3,(H2,30,37)(H,32,35). The van der Waals surface area contributed by atoms with Crippen LogP contribution in [0, 0.1) is 5.92 Å². The van der Waals surface area contributed by atoms with E-state index in [2.05, 4.69) is 10.6 Å². The van der Waals surface area contributed by atoms with E-state index in [1.54, 1.807) is 18.7 Å². The molecule has 4 atom stereocenters. The van der Waals surface area contributed by atoms with Gasteiger partial charge in [-0.1, -0.05) is 62.4 Å². The molecule has 1 aliphatic heterocycles. The highest BCUT2D eigenvalue weighted by Crippen LogP contribution is 2.53. The van der Waals surface area contributed by atoms with E-state index in [9.17, 15) is 24.1 Å². The Morgan fingerprint density at radius 1 is 1.12 bits per heavy atom. The number of carbonyl (C=O) groups excluding carboxylic acids is 3. The fourth-order valence-corrected chi connectivity index (χ4v) is 7.50. The first-order valence-electron chi connectivity index (χ1n) is 15.1. The predicted molar refractivity (Wildman–Crippen MR) is 157 cm³/mol. The number of amides is 3. The number of rotatable bonds is 15. The molecule has 1 saturated heterocycles. The van der Waals surface area contributed by atoms with E-state index in [-0.39, 0.29) is 50.3 Å². The average molecular weight is 611 g/mol. The molecule has 1 aromatic rings. The number of nitrogens with zero attached hydrogens (tertiary/aromatic N) is 1. The smallest absolute Gasteiger partial charge is 0.405 e. The minimum Gasteiger partial charge on any atom is -0.436 e. The number of aliphatic hydroxyl groups excluding tert-OH is 1. The Balaban J connectivity index is 1.74. The van der Waals surface area contributed by atoms with Crippen LogP contribution in [0.5, 0.6) is 0 Å². The summed E-state index contributed by atoms with van der Waals surface area (Å²) in [6, 6.07) is 8.65. The summed E-state index contributed by atoms with van der Waals surface area (Å²) in [6.07, 6.45) is 2.94. The Kier molecular flexibility index (Phi) is 13.7. The molecule has 0 spiro atoms.